The van der Waals surface area contributed by atoms with E-state index < -0.39 is 0 Å². The molecule has 2 atom stereocenters. The molecule has 114 valence electrons. The number of hydrogen-bond acceptors (Lipinski definition) is 3. The largest absolute Gasteiger partial charge is 0.379 e. The zero-order valence-electron chi connectivity index (χ0n) is 13.6. The first-order valence-corrected chi connectivity index (χ1v) is 8.15. The van der Waals surface area contributed by atoms with Crippen LogP contribution < -0.4 is 5.32 Å². The van der Waals surface area contributed by atoms with E-state index in [0.29, 0.717) is 12.1 Å². The summed E-state index contributed by atoms with van der Waals surface area (Å²) in [5.74, 6) is 0.735. The third kappa shape index (κ3) is 5.80. The van der Waals surface area contributed by atoms with E-state index in [1.165, 1.54) is 25.8 Å². The Morgan fingerprint density at radius 3 is 2.37 bits per heavy atom. The van der Waals surface area contributed by atoms with Gasteiger partial charge in [-0.1, -0.05) is 27.7 Å². The van der Waals surface area contributed by atoms with Gasteiger partial charge in [0, 0.05) is 31.2 Å². The third-order valence-corrected chi connectivity index (χ3v) is 4.18. The van der Waals surface area contributed by atoms with Crippen LogP contribution in [0.3, 0.4) is 0 Å². The van der Waals surface area contributed by atoms with E-state index in [9.17, 15) is 0 Å². The third-order valence-electron chi connectivity index (χ3n) is 4.18. The number of hydrogen-bond donors (Lipinski definition) is 1. The Balaban J connectivity index is 2.55. The van der Waals surface area contributed by atoms with Gasteiger partial charge in [-0.25, -0.2) is 0 Å². The van der Waals surface area contributed by atoms with Crippen LogP contribution in [0.25, 0.3) is 0 Å². The van der Waals surface area contributed by atoms with Crippen molar-refractivity contribution in [3.05, 3.63) is 0 Å². The summed E-state index contributed by atoms with van der Waals surface area (Å²) in [6.45, 7) is 15.6. The molecule has 1 aliphatic rings. The summed E-state index contributed by atoms with van der Waals surface area (Å²) in [7, 11) is 0. The average molecular weight is 270 g/mol. The van der Waals surface area contributed by atoms with Crippen molar-refractivity contribution in [2.45, 2.75) is 72.0 Å². The Labute approximate surface area is 120 Å². The minimum atomic E-state index is 0.535. The van der Waals surface area contributed by atoms with E-state index in [2.05, 4.69) is 44.8 Å². The molecule has 0 aromatic carbocycles. The van der Waals surface area contributed by atoms with E-state index in [4.69, 9.17) is 4.74 Å². The van der Waals surface area contributed by atoms with E-state index in [1.807, 2.05) is 0 Å². The first kappa shape index (κ1) is 16.9. The maximum absolute atomic E-state index is 5.58. The van der Waals surface area contributed by atoms with Crippen molar-refractivity contribution in [1.29, 1.82) is 0 Å². The lowest BCUT2D eigenvalue weighted by molar-refractivity contribution is 0.0503. The smallest absolute Gasteiger partial charge is 0.0620 e. The molecule has 19 heavy (non-hydrogen) atoms. The van der Waals surface area contributed by atoms with Gasteiger partial charge in [0.05, 0.1) is 13.2 Å². The van der Waals surface area contributed by atoms with Crippen LogP contribution in [-0.2, 0) is 4.74 Å². The summed E-state index contributed by atoms with van der Waals surface area (Å²) >= 11 is 0. The summed E-state index contributed by atoms with van der Waals surface area (Å²) in [6, 6.07) is 1.89. The normalized spacial score (nSPS) is 22.4. The van der Waals surface area contributed by atoms with Gasteiger partial charge in [0.25, 0.3) is 0 Å². The molecule has 1 fully saturated rings. The Morgan fingerprint density at radius 1 is 1.21 bits per heavy atom. The molecule has 3 heteroatoms. The van der Waals surface area contributed by atoms with Crippen LogP contribution in [0, 0.1) is 5.92 Å². The molecule has 1 N–H and O–H groups in total. The van der Waals surface area contributed by atoms with Crippen LogP contribution in [-0.4, -0.2) is 49.3 Å². The van der Waals surface area contributed by atoms with Crippen LogP contribution >= 0.6 is 0 Å². The number of nitrogens with zero attached hydrogens (tertiary/aromatic N) is 1. The fraction of sp³-hybridized carbons (Fsp3) is 1.00. The lowest BCUT2D eigenvalue weighted by Crippen LogP contribution is -2.49. The molecule has 0 aromatic heterocycles. The molecule has 3 nitrogen and oxygen atoms in total. The Bertz CT molecular complexity index is 223. The topological polar surface area (TPSA) is 24.5 Å². The molecule has 0 amide bonds. The Hall–Kier alpha value is -0.120. The summed E-state index contributed by atoms with van der Waals surface area (Å²) in [5, 5.41) is 3.58. The quantitative estimate of drug-likeness (QED) is 0.734. The van der Waals surface area contributed by atoms with Gasteiger partial charge in [-0.2, -0.15) is 0 Å². The van der Waals surface area contributed by atoms with Crippen LogP contribution in [0.4, 0.5) is 0 Å². The lowest BCUT2D eigenvalue weighted by atomic mass is 10.0. The second-order valence-corrected chi connectivity index (χ2v) is 6.37. The average Bonchev–Trinajstić information content (AvgIpc) is 2.39. The Morgan fingerprint density at radius 2 is 1.89 bits per heavy atom. The molecule has 0 saturated carbocycles. The Kier molecular flexibility index (Phi) is 7.96. The predicted molar refractivity (Wildman–Crippen MR) is 82.6 cm³/mol. The van der Waals surface area contributed by atoms with E-state index in [-0.39, 0.29) is 0 Å². The van der Waals surface area contributed by atoms with Gasteiger partial charge in [0.15, 0.2) is 0 Å². The van der Waals surface area contributed by atoms with Crippen LogP contribution in [0.1, 0.15) is 53.9 Å². The predicted octanol–water partition coefficient (Wildman–Crippen LogP) is 2.90. The molecule has 1 rings (SSSR count). The van der Waals surface area contributed by atoms with Crippen molar-refractivity contribution < 1.29 is 4.74 Å². The molecule has 1 saturated heterocycles. The van der Waals surface area contributed by atoms with Crippen LogP contribution in [0.2, 0.25) is 0 Å². The van der Waals surface area contributed by atoms with Crippen molar-refractivity contribution in [2.75, 3.05) is 26.3 Å². The summed E-state index contributed by atoms with van der Waals surface area (Å²) in [4.78, 5) is 2.72. The van der Waals surface area contributed by atoms with E-state index in [1.54, 1.807) is 0 Å². The van der Waals surface area contributed by atoms with Crippen molar-refractivity contribution in [3.8, 4) is 0 Å². The van der Waals surface area contributed by atoms with Gasteiger partial charge in [-0.05, 0) is 32.1 Å². The van der Waals surface area contributed by atoms with E-state index in [0.717, 1.165) is 31.7 Å². The summed E-state index contributed by atoms with van der Waals surface area (Å²) in [6.07, 6.45) is 3.70. The van der Waals surface area contributed by atoms with Crippen molar-refractivity contribution in [2.24, 2.45) is 5.92 Å². The van der Waals surface area contributed by atoms with Gasteiger partial charge in [0.2, 0.25) is 0 Å². The highest BCUT2D eigenvalue weighted by atomic mass is 16.5. The molecular formula is C16H34N2O. The molecule has 1 aliphatic heterocycles. The molecule has 0 bridgehead atoms. The molecule has 0 aliphatic carbocycles. The molecule has 0 aromatic rings. The van der Waals surface area contributed by atoms with Crippen LogP contribution in [0.15, 0.2) is 0 Å². The standard InChI is InChI=1S/C16H34N2O/c1-6-16(7-2)18(11-13(3)4)14(5)10-15-12-19-9-8-17-15/h13-17H,6-12H2,1-5H3. The van der Waals surface area contributed by atoms with Gasteiger partial charge in [0.1, 0.15) is 0 Å². The molecule has 0 spiro atoms. The summed E-state index contributed by atoms with van der Waals surface area (Å²) in [5.41, 5.74) is 0. The van der Waals surface area contributed by atoms with Crippen molar-refractivity contribution >= 4 is 0 Å². The fourth-order valence-electron chi connectivity index (χ4n) is 3.19. The lowest BCUT2D eigenvalue weighted by Gasteiger charge is -2.39. The zero-order valence-corrected chi connectivity index (χ0v) is 13.6. The second-order valence-electron chi connectivity index (χ2n) is 6.37. The zero-order chi connectivity index (χ0) is 14.3. The number of rotatable bonds is 8. The van der Waals surface area contributed by atoms with Gasteiger partial charge in [-0.15, -0.1) is 0 Å². The summed E-state index contributed by atoms with van der Waals surface area (Å²) < 4.78 is 5.58. The highest BCUT2D eigenvalue weighted by Crippen LogP contribution is 2.18. The highest BCUT2D eigenvalue weighted by molar-refractivity contribution is 4.81. The van der Waals surface area contributed by atoms with Crippen LogP contribution in [0.5, 0.6) is 0 Å². The maximum atomic E-state index is 5.58. The van der Waals surface area contributed by atoms with Gasteiger partial charge >= 0.3 is 0 Å². The monoisotopic (exact) mass is 270 g/mol. The minimum absolute atomic E-state index is 0.535. The van der Waals surface area contributed by atoms with Gasteiger partial charge in [-0.3, -0.25) is 4.90 Å². The first-order chi connectivity index (χ1) is 9.08. The van der Waals surface area contributed by atoms with Crippen molar-refractivity contribution in [1.82, 2.24) is 10.2 Å². The number of nitrogens with one attached hydrogen (secondary N) is 1. The highest BCUT2D eigenvalue weighted by Gasteiger charge is 2.25. The SMILES string of the molecule is CCC(CC)N(CC(C)C)C(C)CC1COCCN1. The number of ether oxygens (including phenoxy) is 1. The van der Waals surface area contributed by atoms with Crippen molar-refractivity contribution in [3.63, 3.8) is 0 Å². The minimum Gasteiger partial charge on any atom is -0.379 e. The van der Waals surface area contributed by atoms with Gasteiger partial charge < -0.3 is 10.1 Å². The second kappa shape index (κ2) is 8.93. The maximum Gasteiger partial charge on any atom is 0.0620 e. The number of morpholine rings is 1. The molecular weight excluding hydrogens is 236 g/mol. The molecule has 0 radical (unpaired) electrons. The van der Waals surface area contributed by atoms with E-state index >= 15 is 0 Å². The molecule has 1 heterocycles. The first-order valence-electron chi connectivity index (χ1n) is 8.15. The fourth-order valence-corrected chi connectivity index (χ4v) is 3.19. The molecule has 2 unspecified atom stereocenters.